The number of hydrogen-bond donors (Lipinski definition) is 1. The van der Waals surface area contributed by atoms with E-state index >= 15 is 0 Å². The summed E-state index contributed by atoms with van der Waals surface area (Å²) in [4.78, 5) is 21.8. The van der Waals surface area contributed by atoms with E-state index in [1.165, 1.54) is 0 Å². The fourth-order valence-electron chi connectivity index (χ4n) is 2.32. The number of pyridine rings is 1. The first-order chi connectivity index (χ1) is 10.7. The molecular formula is C17H17N3O2. The molecule has 1 aliphatic heterocycles. The van der Waals surface area contributed by atoms with E-state index in [0.717, 1.165) is 16.8 Å². The molecule has 1 N–H and O–H groups in total. The minimum absolute atomic E-state index is 0.175. The van der Waals surface area contributed by atoms with Crippen LogP contribution >= 0.6 is 0 Å². The molecule has 1 aromatic heterocycles. The fourth-order valence-corrected chi connectivity index (χ4v) is 2.32. The first-order valence-corrected chi connectivity index (χ1v) is 7.15. The summed E-state index contributed by atoms with van der Waals surface area (Å²) >= 11 is 0. The van der Waals surface area contributed by atoms with Gasteiger partial charge in [0, 0.05) is 25.4 Å². The van der Waals surface area contributed by atoms with Gasteiger partial charge >= 0.3 is 0 Å². The summed E-state index contributed by atoms with van der Waals surface area (Å²) in [5, 5.41) is 6.95. The maximum absolute atomic E-state index is 12.4. The molecule has 0 radical (unpaired) electrons. The van der Waals surface area contributed by atoms with Gasteiger partial charge in [0.05, 0.1) is 5.71 Å². The molecule has 5 nitrogen and oxygen atoms in total. The van der Waals surface area contributed by atoms with Crippen molar-refractivity contribution in [2.45, 2.75) is 25.5 Å². The van der Waals surface area contributed by atoms with Crippen LogP contribution in [0.5, 0.6) is 0 Å². The Morgan fingerprint density at radius 3 is 2.82 bits per heavy atom. The van der Waals surface area contributed by atoms with Crippen molar-refractivity contribution in [1.29, 1.82) is 0 Å². The largest absolute Gasteiger partial charge is 0.379 e. The van der Waals surface area contributed by atoms with Crippen LogP contribution in [0.1, 0.15) is 24.5 Å². The zero-order chi connectivity index (χ0) is 15.4. The van der Waals surface area contributed by atoms with Crippen LogP contribution in [0.2, 0.25) is 0 Å². The Morgan fingerprint density at radius 1 is 1.27 bits per heavy atom. The van der Waals surface area contributed by atoms with Gasteiger partial charge in [-0.1, -0.05) is 41.6 Å². The van der Waals surface area contributed by atoms with Crippen molar-refractivity contribution >= 4 is 11.6 Å². The van der Waals surface area contributed by atoms with Gasteiger partial charge in [-0.15, -0.1) is 0 Å². The van der Waals surface area contributed by atoms with Crippen LogP contribution in [0.25, 0.3) is 0 Å². The Morgan fingerprint density at radius 2 is 2.09 bits per heavy atom. The van der Waals surface area contributed by atoms with Crippen LogP contribution in [0.15, 0.2) is 60.0 Å². The highest BCUT2D eigenvalue weighted by atomic mass is 16.7. The third-order valence-corrected chi connectivity index (χ3v) is 3.63. The van der Waals surface area contributed by atoms with Gasteiger partial charge in [-0.2, -0.15) is 0 Å². The third-order valence-electron chi connectivity index (χ3n) is 3.63. The van der Waals surface area contributed by atoms with E-state index in [4.69, 9.17) is 4.84 Å². The molecule has 5 heteroatoms. The molecule has 3 rings (SSSR count). The Balaban J connectivity index is 1.62. The van der Waals surface area contributed by atoms with Crippen LogP contribution in [-0.2, 0) is 16.2 Å². The molecule has 1 atom stereocenters. The van der Waals surface area contributed by atoms with Crippen molar-refractivity contribution in [3.63, 3.8) is 0 Å². The summed E-state index contributed by atoms with van der Waals surface area (Å²) in [7, 11) is 0. The summed E-state index contributed by atoms with van der Waals surface area (Å²) in [5.74, 6) is -0.175. The van der Waals surface area contributed by atoms with E-state index in [1.54, 1.807) is 19.3 Å². The molecule has 1 aromatic carbocycles. The van der Waals surface area contributed by atoms with Crippen molar-refractivity contribution < 1.29 is 9.63 Å². The first-order valence-electron chi connectivity index (χ1n) is 7.15. The predicted molar refractivity (Wildman–Crippen MR) is 83.2 cm³/mol. The average molecular weight is 295 g/mol. The van der Waals surface area contributed by atoms with Crippen molar-refractivity contribution in [2.24, 2.45) is 5.16 Å². The lowest BCUT2D eigenvalue weighted by Gasteiger charge is -2.20. The van der Waals surface area contributed by atoms with Gasteiger partial charge in [0.1, 0.15) is 0 Å². The molecule has 0 fully saturated rings. The predicted octanol–water partition coefficient (Wildman–Crippen LogP) is 2.28. The van der Waals surface area contributed by atoms with Crippen molar-refractivity contribution in [2.75, 3.05) is 0 Å². The highest BCUT2D eigenvalue weighted by Crippen LogP contribution is 2.26. The Kier molecular flexibility index (Phi) is 3.87. The monoisotopic (exact) mass is 295 g/mol. The molecule has 0 saturated carbocycles. The minimum Gasteiger partial charge on any atom is -0.379 e. The second-order valence-corrected chi connectivity index (χ2v) is 5.45. The number of nitrogens with one attached hydrogen (secondary N) is 1. The zero-order valence-corrected chi connectivity index (χ0v) is 12.3. The number of hydrogen-bond acceptors (Lipinski definition) is 4. The molecule has 0 spiro atoms. The molecule has 2 heterocycles. The molecule has 2 aromatic rings. The van der Waals surface area contributed by atoms with E-state index in [9.17, 15) is 4.79 Å². The lowest BCUT2D eigenvalue weighted by Crippen LogP contribution is -2.44. The second-order valence-electron chi connectivity index (χ2n) is 5.45. The fraction of sp³-hybridized carbons (Fsp3) is 0.235. The zero-order valence-electron chi connectivity index (χ0n) is 12.3. The highest BCUT2D eigenvalue weighted by molar-refractivity contribution is 6.05. The van der Waals surface area contributed by atoms with Gasteiger partial charge in [0.25, 0.3) is 5.91 Å². The van der Waals surface area contributed by atoms with E-state index < -0.39 is 5.60 Å². The summed E-state index contributed by atoms with van der Waals surface area (Å²) in [5.41, 5.74) is 1.75. The molecule has 0 bridgehead atoms. The summed E-state index contributed by atoms with van der Waals surface area (Å²) < 4.78 is 0. The Bertz CT molecular complexity index is 686. The third kappa shape index (κ3) is 2.98. The molecule has 0 unspecified atom stereocenters. The SMILES string of the molecule is C[C@@]1(C(=O)NCc2cccnc2)CC(c2ccccc2)=NO1. The van der Waals surface area contributed by atoms with E-state index in [1.807, 2.05) is 42.5 Å². The molecule has 112 valence electrons. The smallest absolute Gasteiger partial charge is 0.267 e. The quantitative estimate of drug-likeness (QED) is 0.941. The summed E-state index contributed by atoms with van der Waals surface area (Å²) in [6.45, 7) is 2.18. The Labute approximate surface area is 129 Å². The van der Waals surface area contributed by atoms with Gasteiger partial charge in [0.2, 0.25) is 5.60 Å². The van der Waals surface area contributed by atoms with E-state index in [2.05, 4.69) is 15.5 Å². The summed E-state index contributed by atoms with van der Waals surface area (Å²) in [6.07, 6.45) is 3.88. The maximum Gasteiger partial charge on any atom is 0.267 e. The lowest BCUT2D eigenvalue weighted by molar-refractivity contribution is -0.141. The molecule has 0 saturated heterocycles. The van der Waals surface area contributed by atoms with E-state index in [-0.39, 0.29) is 5.91 Å². The molecule has 0 aliphatic carbocycles. The number of carbonyl (C=O) groups is 1. The second kappa shape index (κ2) is 5.97. The molecule has 22 heavy (non-hydrogen) atoms. The van der Waals surface area contributed by atoms with Gasteiger partial charge < -0.3 is 10.2 Å². The minimum atomic E-state index is -0.965. The van der Waals surface area contributed by atoms with Crippen LogP contribution in [0.3, 0.4) is 0 Å². The van der Waals surface area contributed by atoms with Crippen LogP contribution in [0.4, 0.5) is 0 Å². The maximum atomic E-state index is 12.4. The molecular weight excluding hydrogens is 278 g/mol. The van der Waals surface area contributed by atoms with Gasteiger partial charge in [0.15, 0.2) is 0 Å². The topological polar surface area (TPSA) is 63.6 Å². The van der Waals surface area contributed by atoms with Crippen molar-refractivity contribution in [3.8, 4) is 0 Å². The number of nitrogens with zero attached hydrogens (tertiary/aromatic N) is 2. The van der Waals surface area contributed by atoms with Crippen LogP contribution < -0.4 is 5.32 Å². The van der Waals surface area contributed by atoms with Crippen LogP contribution in [-0.4, -0.2) is 22.2 Å². The number of amides is 1. The number of oxime groups is 1. The summed E-state index contributed by atoms with van der Waals surface area (Å²) in [6, 6.07) is 13.5. The number of aromatic nitrogens is 1. The molecule has 1 amide bonds. The van der Waals surface area contributed by atoms with E-state index in [0.29, 0.717) is 13.0 Å². The van der Waals surface area contributed by atoms with Crippen molar-refractivity contribution in [3.05, 3.63) is 66.0 Å². The number of carbonyl (C=O) groups excluding carboxylic acids is 1. The standard InChI is InChI=1S/C17H17N3O2/c1-17(16(21)19-12-13-6-5-9-18-11-13)10-15(20-22-17)14-7-3-2-4-8-14/h2-9,11H,10,12H2,1H3,(H,19,21)/t17-/m0/s1. The van der Waals surface area contributed by atoms with Gasteiger partial charge in [-0.25, -0.2) is 0 Å². The first kappa shape index (κ1) is 14.3. The van der Waals surface area contributed by atoms with Crippen molar-refractivity contribution in [1.82, 2.24) is 10.3 Å². The van der Waals surface area contributed by atoms with Gasteiger partial charge in [-0.3, -0.25) is 9.78 Å². The number of rotatable bonds is 4. The molecule has 1 aliphatic rings. The average Bonchev–Trinajstić information content (AvgIpc) is 2.98. The van der Waals surface area contributed by atoms with Crippen LogP contribution in [0, 0.1) is 0 Å². The Hall–Kier alpha value is -2.69. The lowest BCUT2D eigenvalue weighted by atomic mass is 9.95. The number of benzene rings is 1. The highest BCUT2D eigenvalue weighted by Gasteiger charge is 2.41. The van der Waals surface area contributed by atoms with Gasteiger partial charge in [-0.05, 0) is 24.1 Å². The normalized spacial score (nSPS) is 20.1.